The van der Waals surface area contributed by atoms with Crippen LogP contribution in [0.15, 0.2) is 37.8 Å². The largest absolute Gasteiger partial charge is 0.381 e. The molecular formula is C16H16BrF2N2O5PS2. The van der Waals surface area contributed by atoms with Crippen LogP contribution in [0.4, 0.5) is 13.8 Å². The van der Waals surface area contributed by atoms with Crippen molar-refractivity contribution in [3.63, 3.8) is 0 Å². The summed E-state index contributed by atoms with van der Waals surface area (Å²) in [7, 11) is -2.86. The Labute approximate surface area is 179 Å². The van der Waals surface area contributed by atoms with Crippen molar-refractivity contribution in [2.24, 2.45) is 5.73 Å². The summed E-state index contributed by atoms with van der Waals surface area (Å²) < 4.78 is 52.3. The van der Waals surface area contributed by atoms with Crippen molar-refractivity contribution in [3.8, 4) is 0 Å². The van der Waals surface area contributed by atoms with Gasteiger partial charge in [-0.15, -0.1) is 11.3 Å². The topological polar surface area (TPSA) is 127 Å². The number of rotatable bonds is 6. The van der Waals surface area contributed by atoms with Gasteiger partial charge in [0.2, 0.25) is 9.84 Å². The number of hydrogen-bond donors (Lipinski definition) is 3. The molecule has 0 radical (unpaired) electrons. The molecule has 1 aromatic carbocycles. The van der Waals surface area contributed by atoms with Crippen molar-refractivity contribution >= 4 is 63.2 Å². The number of primary amides is 1. The molecule has 158 valence electrons. The van der Waals surface area contributed by atoms with Gasteiger partial charge >= 0.3 is 0 Å². The maximum absolute atomic E-state index is 13.5. The number of benzene rings is 1. The molecule has 1 atom stereocenters. The fourth-order valence-electron chi connectivity index (χ4n) is 2.08. The van der Waals surface area contributed by atoms with E-state index in [1.54, 1.807) is 0 Å². The van der Waals surface area contributed by atoms with Crippen LogP contribution in [0.5, 0.6) is 0 Å². The highest BCUT2D eigenvalue weighted by Crippen LogP contribution is 2.41. The van der Waals surface area contributed by atoms with Gasteiger partial charge in [-0.25, -0.2) is 8.42 Å². The molecule has 7 nitrogen and oxygen atoms in total. The number of halogens is 3. The number of hydrogen-bond acceptors (Lipinski definition) is 6. The van der Waals surface area contributed by atoms with Gasteiger partial charge in [-0.3, -0.25) is 9.59 Å². The van der Waals surface area contributed by atoms with Crippen molar-refractivity contribution in [1.29, 1.82) is 0 Å². The molecule has 0 aliphatic carbocycles. The van der Waals surface area contributed by atoms with Gasteiger partial charge in [-0.05, 0) is 32.0 Å². The molecule has 4 N–H and O–H groups in total. The predicted molar refractivity (Wildman–Crippen MR) is 111 cm³/mol. The Bertz CT molecular complexity index is 1090. The molecule has 0 aliphatic heterocycles. The van der Waals surface area contributed by atoms with E-state index in [4.69, 9.17) is 5.73 Å². The first-order chi connectivity index (χ1) is 13.0. The van der Waals surface area contributed by atoms with Gasteiger partial charge in [-0.1, -0.05) is 31.2 Å². The van der Waals surface area contributed by atoms with Crippen LogP contribution in [-0.4, -0.2) is 30.9 Å². The van der Waals surface area contributed by atoms with Gasteiger partial charge in [0, 0.05) is 10.0 Å². The number of nitrogens with two attached hydrogens (primary N) is 1. The fraction of sp³-hybridized carbons (Fsp3) is 0.250. The van der Waals surface area contributed by atoms with E-state index >= 15 is 0 Å². The lowest BCUT2D eigenvalue weighted by Gasteiger charge is -2.16. The summed E-state index contributed by atoms with van der Waals surface area (Å²) in [6.07, 6.45) is 0. The van der Waals surface area contributed by atoms with Crippen LogP contribution < -0.4 is 11.1 Å². The van der Waals surface area contributed by atoms with E-state index in [2.05, 4.69) is 21.2 Å². The van der Waals surface area contributed by atoms with Crippen LogP contribution in [0, 0.1) is 0 Å². The Balaban J connectivity index is 2.53. The number of anilines is 1. The van der Waals surface area contributed by atoms with Crippen LogP contribution in [0.25, 0.3) is 0 Å². The molecule has 0 bridgehead atoms. The second kappa shape index (κ2) is 7.99. The lowest BCUT2D eigenvalue weighted by Crippen LogP contribution is -2.36. The molecule has 2 amide bonds. The number of alkyl halides is 2. The van der Waals surface area contributed by atoms with Crippen molar-refractivity contribution < 1.29 is 31.9 Å². The first kappa shape index (κ1) is 23.8. The standard InChI is InChI=1S/C16H16BrF2N2O5PS2/c1-15(2,24)14(23)21-13-8(12(20)22)6-11(28-13)29(25,26)7-3-4-9(10(17)5-7)16(18,19)27/h3-6,24H,27H2,1-2H3,(H2,20,22)(H,21,23). The molecule has 0 saturated heterocycles. The number of thiophene rings is 1. The molecule has 1 aromatic heterocycles. The highest BCUT2D eigenvalue weighted by Gasteiger charge is 2.31. The van der Waals surface area contributed by atoms with Crippen molar-refractivity contribution in [2.45, 2.75) is 34.2 Å². The molecule has 2 rings (SSSR count). The van der Waals surface area contributed by atoms with E-state index in [-0.39, 0.29) is 24.1 Å². The zero-order valence-corrected chi connectivity index (χ0v) is 19.4. The number of nitrogens with one attached hydrogen (secondary N) is 1. The normalized spacial score (nSPS) is 12.7. The van der Waals surface area contributed by atoms with Gasteiger partial charge in [0.25, 0.3) is 17.5 Å². The zero-order valence-electron chi connectivity index (χ0n) is 15.0. The van der Waals surface area contributed by atoms with Crippen molar-refractivity contribution in [2.75, 3.05) is 5.32 Å². The average molecular weight is 529 g/mol. The molecule has 29 heavy (non-hydrogen) atoms. The number of carbonyl (C=O) groups excluding carboxylic acids is 2. The summed E-state index contributed by atoms with van der Waals surface area (Å²) in [5.74, 6) is -1.87. The average Bonchev–Trinajstić information content (AvgIpc) is 2.97. The summed E-state index contributed by atoms with van der Waals surface area (Å²) in [5, 5.41) is 11.8. The second-order valence-corrected chi connectivity index (χ2v) is 11.3. The summed E-state index contributed by atoms with van der Waals surface area (Å²) in [6.45, 7) is 2.41. The van der Waals surface area contributed by atoms with E-state index in [1.165, 1.54) is 23.1 Å². The van der Waals surface area contributed by atoms with Crippen LogP contribution in [-0.2, 0) is 20.3 Å². The van der Waals surface area contributed by atoms with Gasteiger partial charge in [0.15, 0.2) is 0 Å². The van der Waals surface area contributed by atoms with Gasteiger partial charge in [0.1, 0.15) is 14.8 Å². The highest BCUT2D eigenvalue weighted by atomic mass is 79.9. The zero-order chi connectivity index (χ0) is 22.4. The number of carbonyl (C=O) groups is 2. The molecule has 0 aliphatic rings. The molecule has 0 spiro atoms. The van der Waals surface area contributed by atoms with Crippen molar-refractivity contribution in [3.05, 3.63) is 39.9 Å². The van der Waals surface area contributed by atoms with E-state index in [9.17, 15) is 31.9 Å². The smallest absolute Gasteiger partial charge is 0.284 e. The minimum absolute atomic E-state index is 0.124. The Hall–Kier alpha value is -1.46. The van der Waals surface area contributed by atoms with Gasteiger partial charge in [-0.2, -0.15) is 8.78 Å². The van der Waals surface area contributed by atoms with Crippen LogP contribution in [0.1, 0.15) is 29.8 Å². The molecule has 1 heterocycles. The summed E-state index contributed by atoms with van der Waals surface area (Å²) >= 11 is 3.48. The third-order valence-electron chi connectivity index (χ3n) is 3.63. The SMILES string of the molecule is CC(C)(O)C(=O)Nc1sc(S(=O)(=O)c2ccc(C(F)(F)P)c(Br)c2)cc1C(N)=O. The first-order valence-electron chi connectivity index (χ1n) is 7.74. The lowest BCUT2D eigenvalue weighted by molar-refractivity contribution is -0.130. The van der Waals surface area contributed by atoms with Crippen LogP contribution >= 0.6 is 36.5 Å². The van der Waals surface area contributed by atoms with Gasteiger partial charge < -0.3 is 16.2 Å². The Kier molecular flexibility index (Phi) is 6.56. The van der Waals surface area contributed by atoms with E-state index in [0.29, 0.717) is 11.3 Å². The molecular weight excluding hydrogens is 513 g/mol. The molecule has 0 fully saturated rings. The molecule has 2 aromatic rings. The second-order valence-electron chi connectivity index (χ2n) is 6.45. The number of sulfone groups is 1. The van der Waals surface area contributed by atoms with Crippen LogP contribution in [0.3, 0.4) is 0 Å². The molecule has 0 saturated carbocycles. The van der Waals surface area contributed by atoms with E-state index in [1.807, 2.05) is 0 Å². The number of amides is 2. The van der Waals surface area contributed by atoms with Crippen molar-refractivity contribution in [1.82, 2.24) is 0 Å². The molecule has 1 unspecified atom stereocenters. The fourth-order valence-corrected chi connectivity index (χ4v) is 6.13. The Morgan fingerprint density at radius 2 is 1.86 bits per heavy atom. The predicted octanol–water partition coefficient (Wildman–Crippen LogP) is 3.08. The minimum Gasteiger partial charge on any atom is -0.381 e. The summed E-state index contributed by atoms with van der Waals surface area (Å²) in [6, 6.07) is 3.96. The highest BCUT2D eigenvalue weighted by molar-refractivity contribution is 9.10. The van der Waals surface area contributed by atoms with E-state index in [0.717, 1.165) is 24.3 Å². The monoisotopic (exact) mass is 528 g/mol. The maximum atomic E-state index is 13.5. The van der Waals surface area contributed by atoms with E-state index < -0.39 is 38.5 Å². The molecule has 13 heteroatoms. The van der Waals surface area contributed by atoms with Crippen LogP contribution in [0.2, 0.25) is 0 Å². The minimum atomic E-state index is -4.21. The Morgan fingerprint density at radius 1 is 1.28 bits per heavy atom. The number of aliphatic hydroxyl groups is 1. The summed E-state index contributed by atoms with van der Waals surface area (Å²) in [4.78, 5) is 23.3. The first-order valence-corrected chi connectivity index (χ1v) is 11.4. The third kappa shape index (κ3) is 5.18. The van der Waals surface area contributed by atoms with Gasteiger partial charge in [0.05, 0.1) is 10.5 Å². The quantitative estimate of drug-likeness (QED) is 0.496. The maximum Gasteiger partial charge on any atom is 0.284 e. The lowest BCUT2D eigenvalue weighted by atomic mass is 10.1. The Morgan fingerprint density at radius 3 is 2.31 bits per heavy atom. The third-order valence-corrected chi connectivity index (χ3v) is 7.88. The summed E-state index contributed by atoms with van der Waals surface area (Å²) in [5.41, 5.74) is -0.496.